The van der Waals surface area contributed by atoms with Crippen LogP contribution in [0.1, 0.15) is 131 Å². The van der Waals surface area contributed by atoms with Crippen LogP contribution in [0.5, 0.6) is 69.0 Å². The second kappa shape index (κ2) is 50.2. The summed E-state index contributed by atoms with van der Waals surface area (Å²) in [5, 5.41) is 6.46. The van der Waals surface area contributed by atoms with Crippen molar-refractivity contribution in [1.82, 2.24) is 29.9 Å². The number of pyridine rings is 6. The Labute approximate surface area is 875 Å². The van der Waals surface area contributed by atoms with Crippen LogP contribution in [0.3, 0.4) is 0 Å². The van der Waals surface area contributed by atoms with E-state index in [1.165, 1.54) is 50.1 Å². The molecule has 142 heavy (non-hydrogen) atoms. The molecular weight excluding hydrogens is 1860 g/mol. The van der Waals surface area contributed by atoms with Crippen molar-refractivity contribution < 1.29 is 45.5 Å². The summed E-state index contributed by atoms with van der Waals surface area (Å²) in [7, 11) is 0. The van der Waals surface area contributed by atoms with Gasteiger partial charge in [0.25, 0.3) is 0 Å². The highest BCUT2D eigenvalue weighted by Crippen LogP contribution is 2.37. The maximum atomic E-state index is 6.09. The molecule has 0 aliphatic carbocycles. The molecule has 13 aromatic carbocycles. The molecule has 0 atom stereocenters. The second-order valence-corrected chi connectivity index (χ2v) is 40.8. The number of benzene rings is 13. The van der Waals surface area contributed by atoms with Crippen molar-refractivity contribution >= 4 is 161 Å². The summed E-state index contributed by atoms with van der Waals surface area (Å²) in [6.45, 7) is 41.8. The fraction of sp³-hybridized carbons (Fsp3) is 0.186. The molecule has 19 rings (SSSR count). The lowest BCUT2D eigenvalue weighted by Crippen LogP contribution is -2.18. The molecule has 0 aliphatic heterocycles. The molecule has 24 heteroatoms. The molecule has 18 nitrogen and oxygen atoms in total. The first-order valence-electron chi connectivity index (χ1n) is 47.1. The Morgan fingerprint density at radius 3 is 0.824 bits per heavy atom. The van der Waals surface area contributed by atoms with Gasteiger partial charge in [0.1, 0.15) is 67.6 Å². The highest BCUT2D eigenvalue weighted by molar-refractivity contribution is 6.23. The number of aromatic nitrogens is 6. The first kappa shape index (κ1) is 105. The fourth-order valence-electron chi connectivity index (χ4n) is 15.2. The van der Waals surface area contributed by atoms with E-state index in [4.69, 9.17) is 45.5 Å². The molecule has 0 saturated carbocycles. The number of para-hydroxylation sites is 7. The third-order valence-electron chi connectivity index (χ3n) is 23.3. The number of fused-ring (bicyclic) bond motifs is 6. The zero-order chi connectivity index (χ0) is 100. The minimum Gasteiger partial charge on any atom is -0.616 e. The lowest BCUT2D eigenvalue weighted by Gasteiger charge is -2.26. The van der Waals surface area contributed by atoms with E-state index >= 15 is 0 Å². The molecule has 0 aliphatic rings. The summed E-state index contributed by atoms with van der Waals surface area (Å²) in [5.74, 6) is 9.85. The Morgan fingerprint density at radius 1 is 0.190 bits per heavy atom. The lowest BCUT2D eigenvalue weighted by molar-refractivity contribution is 0.456. The van der Waals surface area contributed by atoms with Gasteiger partial charge < -0.3 is 45.5 Å². The highest BCUT2D eigenvalue weighted by Gasteiger charge is 2.24. The number of hydrogen-bond acceptors (Lipinski definition) is 18. The molecule has 0 amide bonds. The summed E-state index contributed by atoms with van der Waals surface area (Å²) >= 11 is -3.88. The van der Waals surface area contributed by atoms with Crippen LogP contribution in [0.15, 0.2) is 328 Å². The molecule has 19 aromatic rings. The normalized spacial score (nSPS) is 10.8. The summed E-state index contributed by atoms with van der Waals surface area (Å²) in [6, 6.07) is 110. The van der Waals surface area contributed by atoms with Crippen molar-refractivity contribution in [3.63, 3.8) is 0 Å². The first-order chi connectivity index (χ1) is 68.4. The number of aryl methyl sites for hydroxylation is 13. The molecule has 6 aromatic heterocycles. The van der Waals surface area contributed by atoms with Crippen molar-refractivity contribution in [2.45, 2.75) is 149 Å². The maximum absolute atomic E-state index is 6.09. The van der Waals surface area contributed by atoms with Crippen LogP contribution in [0.2, 0.25) is 0 Å². The van der Waals surface area contributed by atoms with Gasteiger partial charge in [0.15, 0.2) is 0 Å². The third kappa shape index (κ3) is 29.9. The van der Waals surface area contributed by atoms with Gasteiger partial charge in [0.05, 0.1) is 34.5 Å². The summed E-state index contributed by atoms with van der Waals surface area (Å²) in [5.41, 5.74) is 25.7. The Balaban J connectivity index is 0.000000136. The van der Waals surface area contributed by atoms with Crippen LogP contribution in [0.4, 0.5) is 0 Å². The Bertz CT molecular complexity index is 7490. The molecular formula is C118H114Al6N6O12. The van der Waals surface area contributed by atoms with Gasteiger partial charge in [-0.05, 0) is 302 Å². The zero-order valence-electron chi connectivity index (χ0n) is 84.2. The standard InChI is InChI=1S/C14H22O.C12H10O.6C10H9NO.4C8H10O.6Al/c1-13(2,3)10-7-11(14(4,5)6)9-12(15)8-10;13-12-8-6-11(7-9-12)10-4-2-1-3-5-10;6*1-7-5-6-8-3-2-4-9(12)10(8)11-7;1-6-3-7(2)5-8(9)4-6;1-6-3-4-8(9)5-7(6)2;1-6-4-3-5-8(9)7(6)2;1-6-4-3-5-7(2)8(6)9;;;;;;/h7-9,15H,1-6H3;1-9,13H;6*2-6,12H,1H3;4*3-5,9H,1-2H3;;;;;;/q;;;;;;;;;;;;6*+2/p-12. The monoisotopic (exact) mass is 1970 g/mol. The van der Waals surface area contributed by atoms with Gasteiger partial charge >= 0.3 is 95.3 Å². The number of nitrogens with zero attached hydrogens (tertiary/aromatic N) is 6. The van der Waals surface area contributed by atoms with E-state index in [0.717, 1.165) is 185 Å². The first-order valence-corrected chi connectivity index (χ1v) is 52.7. The largest absolute Gasteiger partial charge is 0.881 e. The van der Waals surface area contributed by atoms with Gasteiger partial charge in [-0.2, -0.15) is 0 Å². The number of rotatable bonds is 25. The molecule has 0 fully saturated rings. The Kier molecular flexibility index (Phi) is 37.1. The van der Waals surface area contributed by atoms with E-state index in [0.29, 0.717) is 0 Å². The topological polar surface area (TPSA) is 188 Å². The summed E-state index contributed by atoms with van der Waals surface area (Å²) in [6.07, 6.45) is 0. The van der Waals surface area contributed by atoms with Crippen LogP contribution in [0.25, 0.3) is 76.5 Å². The van der Waals surface area contributed by atoms with E-state index in [2.05, 4.69) is 210 Å². The van der Waals surface area contributed by atoms with Gasteiger partial charge in [-0.25, -0.2) is 29.9 Å². The van der Waals surface area contributed by atoms with Crippen LogP contribution < -0.4 is 45.5 Å². The molecule has 0 unspecified atom stereocenters. The van der Waals surface area contributed by atoms with Gasteiger partial charge in [-0.1, -0.05) is 242 Å². The van der Waals surface area contributed by atoms with E-state index in [1.54, 1.807) is 0 Å². The minimum atomic E-state index is -0.689. The maximum Gasteiger partial charge on any atom is 0.881 e. The predicted octanol–water partition coefficient (Wildman–Crippen LogP) is 27.9. The Morgan fingerprint density at radius 2 is 0.472 bits per heavy atom. The van der Waals surface area contributed by atoms with Crippen LogP contribution >= 0.6 is 0 Å². The highest BCUT2D eigenvalue weighted by atomic mass is 27.2. The van der Waals surface area contributed by atoms with Crippen molar-refractivity contribution in [2.75, 3.05) is 0 Å². The molecule has 6 radical (unpaired) electrons. The van der Waals surface area contributed by atoms with Gasteiger partial charge in [-0.3, -0.25) is 0 Å². The third-order valence-corrected chi connectivity index (χ3v) is 27.6. The second-order valence-electron chi connectivity index (χ2n) is 36.8. The van der Waals surface area contributed by atoms with Gasteiger partial charge in [-0.15, -0.1) is 0 Å². The molecule has 0 saturated heterocycles. The predicted molar refractivity (Wildman–Crippen MR) is 580 cm³/mol. The zero-order valence-corrected chi connectivity index (χ0v) is 91.2. The van der Waals surface area contributed by atoms with E-state index in [9.17, 15) is 0 Å². The summed E-state index contributed by atoms with van der Waals surface area (Å²) < 4.78 is 70.5. The minimum absolute atomic E-state index is 0.0621. The van der Waals surface area contributed by atoms with Crippen LogP contribution in [-0.2, 0) is 10.8 Å². The molecule has 706 valence electrons. The smallest absolute Gasteiger partial charge is 0.616 e. The van der Waals surface area contributed by atoms with Crippen molar-refractivity contribution in [2.24, 2.45) is 0 Å². The Hall–Kier alpha value is -12.9. The van der Waals surface area contributed by atoms with Crippen LogP contribution in [-0.4, -0.2) is 125 Å². The van der Waals surface area contributed by atoms with Crippen LogP contribution in [0, 0.1) is 96.9 Å². The molecule has 0 spiro atoms. The lowest BCUT2D eigenvalue weighted by atomic mass is 9.80. The van der Waals surface area contributed by atoms with E-state index < -0.39 is 95.3 Å². The van der Waals surface area contributed by atoms with Gasteiger partial charge in [0, 0.05) is 66.5 Å². The van der Waals surface area contributed by atoms with Gasteiger partial charge in [0.2, 0.25) is 0 Å². The molecule has 0 bridgehead atoms. The van der Waals surface area contributed by atoms with Crippen molar-refractivity contribution in [1.29, 1.82) is 0 Å². The molecule has 6 heterocycles. The number of hydrogen-bond donors (Lipinski definition) is 0. The van der Waals surface area contributed by atoms with Crippen molar-refractivity contribution in [3.8, 4) is 80.1 Å². The average Bonchev–Trinajstić information content (AvgIpc) is 0.796. The quantitative estimate of drug-likeness (QED) is 0.0491. The van der Waals surface area contributed by atoms with Crippen molar-refractivity contribution in [3.05, 3.63) is 417 Å². The van der Waals surface area contributed by atoms with E-state index in [-0.39, 0.29) is 10.8 Å². The fourth-order valence-corrected chi connectivity index (χ4v) is 19.1. The molecule has 0 N–H and O–H groups in total. The van der Waals surface area contributed by atoms with E-state index in [1.807, 2.05) is 286 Å². The average molecular weight is 1970 g/mol. The SMILES string of the molecule is Cc1cc(C)cc([O][Al][O]c2cccc3ccc(C)nc23)c1.Cc1ccc2cccc([O][Al][O]c3c(C)cccc3C)c2n1.Cc1ccc2cccc([O][Al][O]c3cc(C(C)(C)C)cc(C(C)(C)C)c3)c2n1.Cc1ccc2cccc([O][Al][O]c3ccc(-c4ccccc4)cc3)c2n1.Cc1ccc2cccc([O][Al][O]c3ccc(C)c(C)c3)c2n1.Cc1ccc2cccc([O][Al][O]c3cccc(C)c3C)c2n1. The summed E-state index contributed by atoms with van der Waals surface area (Å²) in [4.78, 5) is 27.5.